The van der Waals surface area contributed by atoms with Gasteiger partial charge in [-0.3, -0.25) is 4.98 Å². The Bertz CT molecular complexity index is 664. The van der Waals surface area contributed by atoms with Crippen molar-refractivity contribution in [2.24, 2.45) is 0 Å². The van der Waals surface area contributed by atoms with Crippen molar-refractivity contribution in [1.29, 1.82) is 5.26 Å². The topological polar surface area (TPSA) is 69.0 Å². The summed E-state index contributed by atoms with van der Waals surface area (Å²) in [6.07, 6.45) is 3.71. The highest BCUT2D eigenvalue weighted by molar-refractivity contribution is 5.89. The minimum Gasteiger partial charge on any atom is -0.319 e. The van der Waals surface area contributed by atoms with Crippen LogP contribution in [-0.2, 0) is 6.54 Å². The fourth-order valence-electron chi connectivity index (χ4n) is 2.07. The quantitative estimate of drug-likeness (QED) is 0.919. The molecule has 0 saturated carbocycles. The molecule has 5 heteroatoms. The second-order valence-electron chi connectivity index (χ2n) is 4.99. The zero-order valence-corrected chi connectivity index (χ0v) is 12.5. The maximum absolute atomic E-state index is 12.4. The van der Waals surface area contributed by atoms with Crippen LogP contribution in [0.15, 0.2) is 48.8 Å². The van der Waals surface area contributed by atoms with Crippen molar-refractivity contribution in [3.63, 3.8) is 0 Å². The number of aryl methyl sites for hydroxylation is 1. The lowest BCUT2D eigenvalue weighted by molar-refractivity contribution is 0.210. The lowest BCUT2D eigenvalue weighted by Gasteiger charge is -2.22. The van der Waals surface area contributed by atoms with E-state index in [1.165, 1.54) is 0 Å². The van der Waals surface area contributed by atoms with Gasteiger partial charge in [0.25, 0.3) is 0 Å². The maximum Gasteiger partial charge on any atom is 0.322 e. The van der Waals surface area contributed by atoms with Crippen LogP contribution in [0, 0.1) is 18.3 Å². The number of urea groups is 1. The van der Waals surface area contributed by atoms with Crippen LogP contribution in [0.1, 0.15) is 17.5 Å². The average Bonchev–Trinajstić information content (AvgIpc) is 2.52. The van der Waals surface area contributed by atoms with Crippen LogP contribution < -0.4 is 5.32 Å². The zero-order valence-electron chi connectivity index (χ0n) is 12.5. The first-order chi connectivity index (χ1) is 10.7. The van der Waals surface area contributed by atoms with Crippen molar-refractivity contribution < 1.29 is 4.79 Å². The number of nitrogens with one attached hydrogen (secondary N) is 1. The third-order valence-electron chi connectivity index (χ3n) is 3.15. The summed E-state index contributed by atoms with van der Waals surface area (Å²) in [7, 11) is 0. The van der Waals surface area contributed by atoms with Gasteiger partial charge in [-0.1, -0.05) is 18.2 Å². The zero-order chi connectivity index (χ0) is 15.8. The van der Waals surface area contributed by atoms with Gasteiger partial charge in [-0.05, 0) is 36.2 Å². The van der Waals surface area contributed by atoms with E-state index in [2.05, 4.69) is 16.4 Å². The number of carbonyl (C=O) groups is 1. The fourth-order valence-corrected chi connectivity index (χ4v) is 2.07. The molecule has 1 aromatic heterocycles. The molecule has 0 unspecified atom stereocenters. The van der Waals surface area contributed by atoms with Crippen LogP contribution in [0.4, 0.5) is 10.5 Å². The minimum absolute atomic E-state index is 0.218. The van der Waals surface area contributed by atoms with Crippen LogP contribution in [0.5, 0.6) is 0 Å². The molecule has 1 heterocycles. The molecule has 0 aliphatic rings. The Balaban J connectivity index is 2.07. The number of hydrogen-bond acceptors (Lipinski definition) is 3. The molecule has 0 fully saturated rings. The maximum atomic E-state index is 12.4. The minimum atomic E-state index is -0.218. The van der Waals surface area contributed by atoms with Crippen LogP contribution in [0.2, 0.25) is 0 Å². The molecular weight excluding hydrogens is 276 g/mol. The van der Waals surface area contributed by atoms with Crippen molar-refractivity contribution >= 4 is 11.7 Å². The Morgan fingerprint density at radius 1 is 1.36 bits per heavy atom. The Labute approximate surface area is 130 Å². The number of anilines is 1. The number of nitriles is 1. The van der Waals surface area contributed by atoms with E-state index in [0.29, 0.717) is 19.5 Å². The molecule has 0 atom stereocenters. The summed E-state index contributed by atoms with van der Waals surface area (Å²) < 4.78 is 0. The number of hydrogen-bond donors (Lipinski definition) is 1. The summed E-state index contributed by atoms with van der Waals surface area (Å²) in [6, 6.07) is 13.2. The van der Waals surface area contributed by atoms with E-state index >= 15 is 0 Å². The lowest BCUT2D eigenvalue weighted by Crippen LogP contribution is -2.35. The number of benzene rings is 1. The Hall–Kier alpha value is -2.87. The number of amides is 2. The summed E-state index contributed by atoms with van der Waals surface area (Å²) in [6.45, 7) is 2.77. The average molecular weight is 294 g/mol. The molecule has 22 heavy (non-hydrogen) atoms. The van der Waals surface area contributed by atoms with E-state index in [4.69, 9.17) is 5.26 Å². The standard InChI is InChI=1S/C17H18N4O/c1-14-5-2-7-16(11-14)20-17(22)21(10-4-8-18)13-15-6-3-9-19-12-15/h2-3,5-7,9,11-12H,4,10,13H2,1H3,(H,20,22). The number of pyridine rings is 1. The van der Waals surface area contributed by atoms with E-state index in [1.807, 2.05) is 43.3 Å². The highest BCUT2D eigenvalue weighted by atomic mass is 16.2. The van der Waals surface area contributed by atoms with E-state index in [9.17, 15) is 4.79 Å². The highest BCUT2D eigenvalue weighted by Crippen LogP contribution is 2.12. The molecule has 1 N–H and O–H groups in total. The van der Waals surface area contributed by atoms with Crippen molar-refractivity contribution in [2.45, 2.75) is 19.9 Å². The third-order valence-corrected chi connectivity index (χ3v) is 3.15. The molecular formula is C17H18N4O. The molecule has 1 aromatic carbocycles. The molecule has 2 amide bonds. The molecule has 0 radical (unpaired) electrons. The smallest absolute Gasteiger partial charge is 0.319 e. The summed E-state index contributed by atoms with van der Waals surface area (Å²) in [5, 5.41) is 11.6. The van der Waals surface area contributed by atoms with Gasteiger partial charge in [0.15, 0.2) is 0 Å². The monoisotopic (exact) mass is 294 g/mol. The first kappa shape index (κ1) is 15.5. The van der Waals surface area contributed by atoms with Crippen LogP contribution in [0.25, 0.3) is 0 Å². The van der Waals surface area contributed by atoms with Crippen molar-refractivity contribution in [3.8, 4) is 6.07 Å². The van der Waals surface area contributed by atoms with Gasteiger partial charge >= 0.3 is 6.03 Å². The molecule has 0 bridgehead atoms. The predicted octanol–water partition coefficient (Wildman–Crippen LogP) is 3.34. The van der Waals surface area contributed by atoms with Crippen molar-refractivity contribution in [3.05, 3.63) is 59.9 Å². The van der Waals surface area contributed by atoms with E-state index in [1.54, 1.807) is 17.3 Å². The van der Waals surface area contributed by atoms with Gasteiger partial charge in [0.05, 0.1) is 12.5 Å². The molecule has 0 saturated heterocycles. The van der Waals surface area contributed by atoms with Gasteiger partial charge in [-0.25, -0.2) is 4.79 Å². The first-order valence-electron chi connectivity index (χ1n) is 7.07. The number of aromatic nitrogens is 1. The molecule has 2 rings (SSSR count). The lowest BCUT2D eigenvalue weighted by atomic mass is 10.2. The molecule has 112 valence electrons. The highest BCUT2D eigenvalue weighted by Gasteiger charge is 2.14. The fraction of sp³-hybridized carbons (Fsp3) is 0.235. The van der Waals surface area contributed by atoms with Crippen LogP contribution in [0.3, 0.4) is 0 Å². The molecule has 2 aromatic rings. The normalized spacial score (nSPS) is 9.82. The molecule has 0 aliphatic carbocycles. The van der Waals surface area contributed by atoms with Gasteiger partial charge in [-0.15, -0.1) is 0 Å². The largest absolute Gasteiger partial charge is 0.322 e. The second kappa shape index (κ2) is 7.79. The number of nitrogens with zero attached hydrogens (tertiary/aromatic N) is 3. The van der Waals surface area contributed by atoms with E-state index in [-0.39, 0.29) is 6.03 Å². The summed E-state index contributed by atoms with van der Waals surface area (Å²) >= 11 is 0. The SMILES string of the molecule is Cc1cccc(NC(=O)N(CCC#N)Cc2cccnc2)c1. The van der Waals surface area contributed by atoms with Gasteiger partial charge in [0, 0.05) is 31.2 Å². The summed E-state index contributed by atoms with van der Waals surface area (Å²) in [5.41, 5.74) is 2.76. The Morgan fingerprint density at radius 2 is 2.23 bits per heavy atom. The Morgan fingerprint density at radius 3 is 2.91 bits per heavy atom. The van der Waals surface area contributed by atoms with Crippen LogP contribution >= 0.6 is 0 Å². The molecule has 0 spiro atoms. The third kappa shape index (κ3) is 4.60. The van der Waals surface area contributed by atoms with Gasteiger partial charge in [0.1, 0.15) is 0 Å². The summed E-state index contributed by atoms with van der Waals surface area (Å²) in [5.74, 6) is 0. The van der Waals surface area contributed by atoms with Gasteiger partial charge in [0.2, 0.25) is 0 Å². The molecule has 0 aliphatic heterocycles. The number of carbonyl (C=O) groups excluding carboxylic acids is 1. The van der Waals surface area contributed by atoms with Crippen LogP contribution in [-0.4, -0.2) is 22.5 Å². The molecule has 5 nitrogen and oxygen atoms in total. The number of rotatable bonds is 5. The van der Waals surface area contributed by atoms with Gasteiger partial charge in [-0.2, -0.15) is 5.26 Å². The predicted molar refractivity (Wildman–Crippen MR) is 85.1 cm³/mol. The Kier molecular flexibility index (Phi) is 5.50. The van der Waals surface area contributed by atoms with Crippen molar-refractivity contribution in [1.82, 2.24) is 9.88 Å². The van der Waals surface area contributed by atoms with E-state index in [0.717, 1.165) is 16.8 Å². The second-order valence-corrected chi connectivity index (χ2v) is 4.99. The van der Waals surface area contributed by atoms with Crippen molar-refractivity contribution in [2.75, 3.05) is 11.9 Å². The van der Waals surface area contributed by atoms with Gasteiger partial charge < -0.3 is 10.2 Å². The summed E-state index contributed by atoms with van der Waals surface area (Å²) in [4.78, 5) is 18.1. The first-order valence-corrected chi connectivity index (χ1v) is 7.07. The van der Waals surface area contributed by atoms with E-state index < -0.39 is 0 Å².